The van der Waals surface area contributed by atoms with Crippen molar-refractivity contribution in [3.63, 3.8) is 0 Å². The largest absolute Gasteiger partial charge is 0.497 e. The number of hydrogen-bond acceptors (Lipinski definition) is 3. The molecule has 2 rings (SSSR count). The van der Waals surface area contributed by atoms with Crippen LogP contribution in [-0.2, 0) is 0 Å². The lowest BCUT2D eigenvalue weighted by Crippen LogP contribution is -1.83. The van der Waals surface area contributed by atoms with E-state index >= 15 is 0 Å². The topological polar surface area (TPSA) is 68.2 Å². The third-order valence-corrected chi connectivity index (χ3v) is 2.30. The smallest absolute Gasteiger partial charge is 0.235 e. The molecule has 0 unspecified atom stereocenters. The number of hydrogen-bond donors (Lipinski definition) is 1. The zero-order chi connectivity index (χ0) is 11.5. The highest BCUT2D eigenvalue weighted by Crippen LogP contribution is 2.24. The minimum Gasteiger partial charge on any atom is -0.497 e. The molecule has 0 amide bonds. The first-order valence-electron chi connectivity index (χ1n) is 4.67. The van der Waals surface area contributed by atoms with Gasteiger partial charge < -0.3 is 9.72 Å². The Morgan fingerprint density at radius 3 is 3.00 bits per heavy atom. The molecule has 82 valence electrons. The van der Waals surface area contributed by atoms with Gasteiger partial charge >= 0.3 is 0 Å². The van der Waals surface area contributed by atoms with Crippen LogP contribution in [0.2, 0.25) is 0 Å². The van der Waals surface area contributed by atoms with Crippen LogP contribution in [0.1, 0.15) is 5.56 Å². The first-order valence-corrected chi connectivity index (χ1v) is 4.67. The summed E-state index contributed by atoms with van der Waals surface area (Å²) >= 11 is 0. The van der Waals surface area contributed by atoms with Crippen LogP contribution in [0.15, 0.2) is 30.6 Å². The van der Waals surface area contributed by atoms with Gasteiger partial charge in [0, 0.05) is 28.7 Å². The molecule has 0 aliphatic carbocycles. The number of nitrogens with zero attached hydrogens (tertiary/aromatic N) is 1. The molecule has 5 nitrogen and oxygen atoms in total. The van der Waals surface area contributed by atoms with E-state index in [1.54, 1.807) is 13.3 Å². The number of ether oxygens (including phenoxy) is 1. The fourth-order valence-corrected chi connectivity index (χ4v) is 1.53. The van der Waals surface area contributed by atoms with Gasteiger partial charge in [0.2, 0.25) is 6.20 Å². The Labute approximate surface area is 91.5 Å². The molecule has 1 aromatic heterocycles. The first kappa shape index (κ1) is 10.2. The predicted octanol–water partition coefficient (Wildman–Crippen LogP) is 2.42. The van der Waals surface area contributed by atoms with Crippen LogP contribution in [-0.4, -0.2) is 17.0 Å². The van der Waals surface area contributed by atoms with Crippen molar-refractivity contribution in [1.29, 1.82) is 0 Å². The lowest BCUT2D eigenvalue weighted by Gasteiger charge is -1.98. The number of aromatic nitrogens is 1. The van der Waals surface area contributed by atoms with Crippen LogP contribution >= 0.6 is 0 Å². The van der Waals surface area contributed by atoms with Crippen LogP contribution in [0.3, 0.4) is 0 Å². The fraction of sp³-hybridized carbons (Fsp3) is 0.0909. The van der Waals surface area contributed by atoms with Crippen molar-refractivity contribution in [3.05, 3.63) is 46.3 Å². The van der Waals surface area contributed by atoms with E-state index in [0.717, 1.165) is 28.4 Å². The summed E-state index contributed by atoms with van der Waals surface area (Å²) < 4.78 is 5.10. The molecule has 16 heavy (non-hydrogen) atoms. The molecular weight excluding hydrogens is 208 g/mol. The number of fused-ring (bicyclic) bond motifs is 1. The summed E-state index contributed by atoms with van der Waals surface area (Å²) in [5, 5.41) is 11.1. The van der Waals surface area contributed by atoms with Crippen molar-refractivity contribution < 1.29 is 9.66 Å². The second-order valence-corrected chi connectivity index (χ2v) is 3.26. The molecule has 1 aromatic carbocycles. The Morgan fingerprint density at radius 2 is 2.31 bits per heavy atom. The maximum Gasteiger partial charge on any atom is 0.235 e. The Hall–Kier alpha value is -2.30. The summed E-state index contributed by atoms with van der Waals surface area (Å²) in [5.41, 5.74) is 1.69. The summed E-state index contributed by atoms with van der Waals surface area (Å²) in [6.45, 7) is 0. The summed E-state index contributed by atoms with van der Waals surface area (Å²) in [6.07, 6.45) is 4.10. The zero-order valence-electron chi connectivity index (χ0n) is 8.64. The summed E-state index contributed by atoms with van der Waals surface area (Å²) in [4.78, 5) is 12.8. The normalized spacial score (nSPS) is 11.1. The number of benzene rings is 1. The quantitative estimate of drug-likeness (QED) is 0.635. The SMILES string of the molecule is COc1ccc2[nH]cc(/C=C\[N+](=O)[O-])c2c1. The van der Waals surface area contributed by atoms with Gasteiger partial charge in [-0.15, -0.1) is 0 Å². The van der Waals surface area contributed by atoms with Crippen LogP contribution < -0.4 is 4.74 Å². The fourth-order valence-electron chi connectivity index (χ4n) is 1.53. The molecule has 1 heterocycles. The number of methoxy groups -OCH3 is 1. The van der Waals surface area contributed by atoms with Crippen molar-refractivity contribution in [2.45, 2.75) is 0 Å². The molecule has 0 aliphatic rings. The number of nitrogens with one attached hydrogen (secondary N) is 1. The van der Waals surface area contributed by atoms with Gasteiger partial charge in [0.1, 0.15) is 5.75 Å². The van der Waals surface area contributed by atoms with Crippen LogP contribution in [0, 0.1) is 10.1 Å². The van der Waals surface area contributed by atoms with E-state index in [1.807, 2.05) is 18.2 Å². The molecule has 0 spiro atoms. The van der Waals surface area contributed by atoms with Gasteiger partial charge in [-0.1, -0.05) is 0 Å². The van der Waals surface area contributed by atoms with Gasteiger partial charge in [-0.25, -0.2) is 0 Å². The van der Waals surface area contributed by atoms with E-state index in [4.69, 9.17) is 4.74 Å². The standard InChI is InChI=1S/C11H10N2O3/c1-16-9-2-3-11-10(6-9)8(7-12-11)4-5-13(14)15/h2-7,12H,1H3/b5-4-. The van der Waals surface area contributed by atoms with Gasteiger partial charge in [0.05, 0.1) is 12.0 Å². The van der Waals surface area contributed by atoms with Crippen molar-refractivity contribution in [2.24, 2.45) is 0 Å². The Balaban J connectivity index is 2.49. The molecule has 0 radical (unpaired) electrons. The molecule has 1 N–H and O–H groups in total. The molecule has 0 bridgehead atoms. The number of H-pyrrole nitrogens is 1. The van der Waals surface area contributed by atoms with Gasteiger partial charge in [0.15, 0.2) is 0 Å². The average molecular weight is 218 g/mol. The molecular formula is C11H10N2O3. The van der Waals surface area contributed by atoms with Crippen molar-refractivity contribution in [3.8, 4) is 5.75 Å². The highest BCUT2D eigenvalue weighted by Gasteiger charge is 2.03. The number of rotatable bonds is 3. The van der Waals surface area contributed by atoms with E-state index in [0.29, 0.717) is 0 Å². The molecule has 0 saturated carbocycles. The lowest BCUT2D eigenvalue weighted by atomic mass is 10.1. The van der Waals surface area contributed by atoms with Gasteiger partial charge in [-0.3, -0.25) is 10.1 Å². The predicted molar refractivity (Wildman–Crippen MR) is 60.9 cm³/mol. The monoisotopic (exact) mass is 218 g/mol. The van der Waals surface area contributed by atoms with Crippen LogP contribution in [0.25, 0.3) is 17.0 Å². The summed E-state index contributed by atoms with van der Waals surface area (Å²) in [6, 6.07) is 5.54. The van der Waals surface area contributed by atoms with E-state index < -0.39 is 4.92 Å². The van der Waals surface area contributed by atoms with Crippen LogP contribution in [0.4, 0.5) is 0 Å². The number of nitro groups is 1. The molecule has 5 heteroatoms. The van der Waals surface area contributed by atoms with Gasteiger partial charge in [-0.2, -0.15) is 0 Å². The highest BCUT2D eigenvalue weighted by atomic mass is 16.6. The second-order valence-electron chi connectivity index (χ2n) is 3.26. The van der Waals surface area contributed by atoms with E-state index in [-0.39, 0.29) is 0 Å². The van der Waals surface area contributed by atoms with E-state index in [2.05, 4.69) is 4.98 Å². The second kappa shape index (κ2) is 4.06. The van der Waals surface area contributed by atoms with E-state index in [9.17, 15) is 10.1 Å². The molecule has 0 fully saturated rings. The highest BCUT2D eigenvalue weighted by molar-refractivity contribution is 5.89. The Kier molecular flexibility index (Phi) is 2.59. The maximum atomic E-state index is 10.2. The average Bonchev–Trinajstić information content (AvgIpc) is 2.68. The van der Waals surface area contributed by atoms with Crippen LogP contribution in [0.5, 0.6) is 5.75 Å². The van der Waals surface area contributed by atoms with Gasteiger partial charge in [-0.05, 0) is 18.2 Å². The number of aromatic amines is 1. The molecule has 0 aliphatic heterocycles. The Bertz CT molecular complexity index is 557. The minimum absolute atomic E-state index is 0.487. The Morgan fingerprint density at radius 1 is 1.50 bits per heavy atom. The first-order chi connectivity index (χ1) is 7.70. The minimum atomic E-state index is -0.487. The van der Waals surface area contributed by atoms with Crippen molar-refractivity contribution >= 4 is 17.0 Å². The van der Waals surface area contributed by atoms with E-state index in [1.165, 1.54) is 6.08 Å². The summed E-state index contributed by atoms with van der Waals surface area (Å²) in [7, 11) is 1.58. The zero-order valence-corrected chi connectivity index (χ0v) is 8.64. The molecule has 0 atom stereocenters. The van der Waals surface area contributed by atoms with Crippen molar-refractivity contribution in [2.75, 3.05) is 7.11 Å². The third-order valence-electron chi connectivity index (χ3n) is 2.30. The molecule has 0 saturated heterocycles. The third kappa shape index (κ3) is 1.88. The van der Waals surface area contributed by atoms with Gasteiger partial charge in [0.25, 0.3) is 0 Å². The van der Waals surface area contributed by atoms with Crippen molar-refractivity contribution in [1.82, 2.24) is 4.98 Å². The lowest BCUT2D eigenvalue weighted by molar-refractivity contribution is -0.400. The maximum absolute atomic E-state index is 10.2. The molecule has 2 aromatic rings. The summed E-state index contributed by atoms with van der Waals surface area (Å²) in [5.74, 6) is 0.725.